The molecule has 2 unspecified atom stereocenters. The summed E-state index contributed by atoms with van der Waals surface area (Å²) in [7, 11) is 1.83. The van der Waals surface area contributed by atoms with E-state index in [1.54, 1.807) is 4.68 Å². The third-order valence-corrected chi connectivity index (χ3v) is 4.19. The van der Waals surface area contributed by atoms with Crippen molar-refractivity contribution in [2.45, 2.75) is 31.8 Å². The third kappa shape index (κ3) is 2.32. The van der Waals surface area contributed by atoms with Crippen molar-refractivity contribution in [3.63, 3.8) is 0 Å². The summed E-state index contributed by atoms with van der Waals surface area (Å²) in [5.74, 6) is 0.225. The van der Waals surface area contributed by atoms with E-state index < -0.39 is 0 Å². The van der Waals surface area contributed by atoms with Crippen LogP contribution in [0.15, 0.2) is 6.07 Å². The summed E-state index contributed by atoms with van der Waals surface area (Å²) in [4.78, 5) is 12.6. The van der Waals surface area contributed by atoms with E-state index in [-0.39, 0.29) is 17.3 Å². The SMILES string of the molecule is Cc1cc(C(=O)C2CCOC3(CCOC3)C2)n(C)n1. The second-order valence-corrected chi connectivity index (χ2v) is 5.68. The maximum Gasteiger partial charge on any atom is 0.184 e. The lowest BCUT2D eigenvalue weighted by Gasteiger charge is -2.36. The van der Waals surface area contributed by atoms with Gasteiger partial charge >= 0.3 is 0 Å². The molecule has 1 spiro atoms. The normalized spacial score (nSPS) is 30.9. The molecule has 1 aromatic rings. The minimum Gasteiger partial charge on any atom is -0.378 e. The van der Waals surface area contributed by atoms with Gasteiger partial charge in [-0.1, -0.05) is 0 Å². The van der Waals surface area contributed by atoms with Crippen molar-refractivity contribution in [2.24, 2.45) is 13.0 Å². The van der Waals surface area contributed by atoms with Gasteiger partial charge in [-0.2, -0.15) is 5.10 Å². The highest BCUT2D eigenvalue weighted by atomic mass is 16.6. The first-order valence-electron chi connectivity index (χ1n) is 6.86. The molecule has 2 saturated heterocycles. The van der Waals surface area contributed by atoms with Crippen LogP contribution < -0.4 is 0 Å². The topological polar surface area (TPSA) is 53.4 Å². The summed E-state index contributed by atoms with van der Waals surface area (Å²) < 4.78 is 13.0. The molecule has 2 fully saturated rings. The average molecular weight is 264 g/mol. The van der Waals surface area contributed by atoms with Crippen LogP contribution in [0.4, 0.5) is 0 Å². The van der Waals surface area contributed by atoms with E-state index in [4.69, 9.17) is 9.47 Å². The van der Waals surface area contributed by atoms with Crippen LogP contribution in [0.5, 0.6) is 0 Å². The fourth-order valence-corrected chi connectivity index (χ4v) is 3.17. The first kappa shape index (κ1) is 12.8. The Morgan fingerprint density at radius 2 is 2.37 bits per heavy atom. The molecule has 2 aliphatic heterocycles. The van der Waals surface area contributed by atoms with Crippen LogP contribution in [-0.2, 0) is 16.5 Å². The monoisotopic (exact) mass is 264 g/mol. The summed E-state index contributed by atoms with van der Waals surface area (Å²) >= 11 is 0. The van der Waals surface area contributed by atoms with Gasteiger partial charge in [-0.25, -0.2) is 0 Å². The molecule has 0 aliphatic carbocycles. The van der Waals surface area contributed by atoms with Gasteiger partial charge in [0.1, 0.15) is 5.69 Å². The number of aromatic nitrogens is 2. The van der Waals surface area contributed by atoms with E-state index in [1.807, 2.05) is 20.0 Å². The fourth-order valence-electron chi connectivity index (χ4n) is 3.17. The Balaban J connectivity index is 1.78. The van der Waals surface area contributed by atoms with E-state index in [9.17, 15) is 4.79 Å². The second kappa shape index (κ2) is 4.72. The molecule has 0 saturated carbocycles. The zero-order valence-corrected chi connectivity index (χ0v) is 11.5. The number of hydrogen-bond acceptors (Lipinski definition) is 4. The lowest BCUT2D eigenvalue weighted by Crippen LogP contribution is -2.42. The first-order valence-corrected chi connectivity index (χ1v) is 6.86. The van der Waals surface area contributed by atoms with Crippen molar-refractivity contribution in [1.82, 2.24) is 9.78 Å². The Morgan fingerprint density at radius 3 is 3.00 bits per heavy atom. The lowest BCUT2D eigenvalue weighted by atomic mass is 9.82. The largest absolute Gasteiger partial charge is 0.378 e. The number of carbonyl (C=O) groups is 1. The van der Waals surface area contributed by atoms with Crippen molar-refractivity contribution in [3.8, 4) is 0 Å². The van der Waals surface area contributed by atoms with Crippen LogP contribution >= 0.6 is 0 Å². The molecule has 3 rings (SSSR count). The Hall–Kier alpha value is -1.20. The summed E-state index contributed by atoms with van der Waals surface area (Å²) in [6, 6.07) is 1.87. The molecule has 3 heterocycles. The van der Waals surface area contributed by atoms with Gasteiger partial charge in [0.25, 0.3) is 0 Å². The molecule has 5 heteroatoms. The zero-order valence-electron chi connectivity index (χ0n) is 11.5. The van der Waals surface area contributed by atoms with Crippen molar-refractivity contribution in [1.29, 1.82) is 0 Å². The van der Waals surface area contributed by atoms with Crippen molar-refractivity contribution < 1.29 is 14.3 Å². The average Bonchev–Trinajstić information content (AvgIpc) is 2.96. The maximum atomic E-state index is 12.6. The van der Waals surface area contributed by atoms with Crippen LogP contribution in [-0.4, -0.2) is 41.0 Å². The molecule has 0 N–H and O–H groups in total. The summed E-state index contributed by atoms with van der Waals surface area (Å²) in [5, 5.41) is 4.26. The molecule has 0 amide bonds. The number of rotatable bonds is 2. The van der Waals surface area contributed by atoms with E-state index in [2.05, 4.69) is 5.10 Å². The Labute approximate surface area is 112 Å². The molecule has 2 aliphatic rings. The van der Waals surface area contributed by atoms with Gasteiger partial charge < -0.3 is 9.47 Å². The molecular formula is C14H20N2O3. The number of ketones is 1. The van der Waals surface area contributed by atoms with Gasteiger partial charge in [-0.15, -0.1) is 0 Å². The molecular weight excluding hydrogens is 244 g/mol. The number of nitrogens with zero attached hydrogens (tertiary/aromatic N) is 2. The van der Waals surface area contributed by atoms with Crippen LogP contribution in [0.25, 0.3) is 0 Å². The summed E-state index contributed by atoms with van der Waals surface area (Å²) in [6.45, 7) is 3.93. The highest BCUT2D eigenvalue weighted by molar-refractivity contribution is 5.96. The van der Waals surface area contributed by atoms with Crippen LogP contribution in [0.2, 0.25) is 0 Å². The first-order chi connectivity index (χ1) is 9.10. The minimum absolute atomic E-state index is 0.0326. The second-order valence-electron chi connectivity index (χ2n) is 5.68. The third-order valence-electron chi connectivity index (χ3n) is 4.19. The zero-order chi connectivity index (χ0) is 13.5. The Morgan fingerprint density at radius 1 is 1.53 bits per heavy atom. The Bertz CT molecular complexity index is 489. The van der Waals surface area contributed by atoms with Gasteiger partial charge in [-0.3, -0.25) is 9.48 Å². The smallest absolute Gasteiger partial charge is 0.184 e. The number of ether oxygens (including phenoxy) is 2. The number of aryl methyl sites for hydroxylation is 2. The molecule has 0 radical (unpaired) electrons. The predicted molar refractivity (Wildman–Crippen MR) is 69.1 cm³/mol. The van der Waals surface area contributed by atoms with E-state index in [0.717, 1.165) is 31.6 Å². The van der Waals surface area contributed by atoms with E-state index in [1.165, 1.54) is 0 Å². The van der Waals surface area contributed by atoms with Crippen LogP contribution in [0, 0.1) is 12.8 Å². The molecule has 0 aromatic carbocycles. The Kier molecular flexibility index (Phi) is 3.19. The molecule has 5 nitrogen and oxygen atoms in total. The van der Waals surface area contributed by atoms with Gasteiger partial charge in [0.15, 0.2) is 5.78 Å². The van der Waals surface area contributed by atoms with Crippen molar-refractivity contribution in [3.05, 3.63) is 17.5 Å². The fraction of sp³-hybridized carbons (Fsp3) is 0.714. The van der Waals surface area contributed by atoms with Gasteiger partial charge in [-0.05, 0) is 25.8 Å². The predicted octanol–water partition coefficient (Wildman–Crippen LogP) is 1.50. The molecule has 1 aromatic heterocycles. The van der Waals surface area contributed by atoms with Crippen LogP contribution in [0.3, 0.4) is 0 Å². The minimum atomic E-state index is -0.216. The molecule has 104 valence electrons. The highest BCUT2D eigenvalue weighted by Crippen LogP contribution is 2.37. The van der Waals surface area contributed by atoms with E-state index >= 15 is 0 Å². The van der Waals surface area contributed by atoms with Gasteiger partial charge in [0.05, 0.1) is 17.9 Å². The summed E-state index contributed by atoms with van der Waals surface area (Å²) in [6.07, 6.45) is 2.47. The number of Topliss-reactive ketones (excluding diaryl/α,β-unsaturated/α-hetero) is 1. The molecule has 0 bridgehead atoms. The quantitative estimate of drug-likeness (QED) is 0.760. The maximum absolute atomic E-state index is 12.6. The van der Waals surface area contributed by atoms with Crippen molar-refractivity contribution in [2.75, 3.05) is 19.8 Å². The number of carbonyl (C=O) groups excluding carboxylic acids is 1. The van der Waals surface area contributed by atoms with Gasteiger partial charge in [0, 0.05) is 32.6 Å². The standard InChI is InChI=1S/C14H20N2O3/c1-10-7-12(16(2)15-10)13(17)11-3-5-19-14(8-11)4-6-18-9-14/h7,11H,3-6,8-9H2,1-2H3. The molecule has 2 atom stereocenters. The lowest BCUT2D eigenvalue weighted by molar-refractivity contribution is -0.0921. The number of hydrogen-bond donors (Lipinski definition) is 0. The van der Waals surface area contributed by atoms with Crippen molar-refractivity contribution >= 4 is 5.78 Å². The van der Waals surface area contributed by atoms with Gasteiger partial charge in [0.2, 0.25) is 0 Å². The van der Waals surface area contributed by atoms with Crippen LogP contribution in [0.1, 0.15) is 35.4 Å². The summed E-state index contributed by atoms with van der Waals surface area (Å²) in [5.41, 5.74) is 1.38. The molecule has 19 heavy (non-hydrogen) atoms. The highest BCUT2D eigenvalue weighted by Gasteiger charge is 2.43. The van der Waals surface area contributed by atoms with E-state index in [0.29, 0.717) is 18.9 Å².